The zero-order chi connectivity index (χ0) is 25.1. The van der Waals surface area contributed by atoms with E-state index in [1.54, 1.807) is 6.20 Å². The van der Waals surface area contributed by atoms with Crippen molar-refractivity contribution in [3.63, 3.8) is 0 Å². The Morgan fingerprint density at radius 2 is 2.03 bits per heavy atom. The molecule has 2 aliphatic rings. The number of ketones is 1. The maximum absolute atomic E-state index is 13.3. The molecule has 8 nitrogen and oxygen atoms in total. The van der Waals surface area contributed by atoms with E-state index in [0.717, 1.165) is 36.1 Å². The topological polar surface area (TPSA) is 107 Å². The first-order valence-corrected chi connectivity index (χ1v) is 14.5. The molecule has 0 radical (unpaired) electrons. The Hall–Kier alpha value is -2.82. The average Bonchev–Trinajstić information content (AvgIpc) is 3.49. The van der Waals surface area contributed by atoms with E-state index in [1.165, 1.54) is 17.7 Å². The number of aryl methyl sites for hydroxylation is 1. The van der Waals surface area contributed by atoms with Crippen molar-refractivity contribution in [1.29, 1.82) is 0 Å². The fraction of sp³-hybridized carbons (Fsp3) is 0.423. The van der Waals surface area contributed by atoms with Crippen LogP contribution in [0.2, 0.25) is 0 Å². The minimum atomic E-state index is -3.41. The predicted octanol–water partition coefficient (Wildman–Crippen LogP) is 4.75. The number of ether oxygens (including phenoxy) is 1. The molecule has 2 fully saturated rings. The van der Waals surface area contributed by atoms with Crippen molar-refractivity contribution < 1.29 is 22.1 Å². The number of carbonyl (C=O) groups excluding carboxylic acids is 1. The number of benzene rings is 1. The fourth-order valence-corrected chi connectivity index (χ4v) is 6.53. The molecule has 1 N–H and O–H groups in total. The van der Waals surface area contributed by atoms with Gasteiger partial charge in [-0.15, -0.1) is 11.3 Å². The van der Waals surface area contributed by atoms with Crippen LogP contribution in [-0.2, 0) is 20.9 Å². The number of carbonyl (C=O) groups is 1. The van der Waals surface area contributed by atoms with Gasteiger partial charge in [0.25, 0.3) is 10.1 Å². The minimum Gasteiger partial charge on any atom is -0.489 e. The summed E-state index contributed by atoms with van der Waals surface area (Å²) < 4.78 is 35.2. The maximum Gasteiger partial charge on any atom is 0.270 e. The van der Waals surface area contributed by atoms with E-state index in [2.05, 4.69) is 15.3 Å². The molecule has 1 aromatic carbocycles. The molecule has 10 heteroatoms. The molecule has 2 saturated carbocycles. The molecule has 0 bridgehead atoms. The molecule has 0 spiro atoms. The van der Waals surface area contributed by atoms with Gasteiger partial charge in [-0.3, -0.25) is 8.98 Å². The molecule has 0 aliphatic heterocycles. The highest BCUT2D eigenvalue weighted by Gasteiger charge is 2.38. The second kappa shape index (κ2) is 10.7. The van der Waals surface area contributed by atoms with E-state index in [1.807, 2.05) is 42.6 Å². The lowest BCUT2D eigenvalue weighted by molar-refractivity contribution is 0.104. The first-order valence-electron chi connectivity index (χ1n) is 12.1. The predicted molar refractivity (Wildman–Crippen MR) is 138 cm³/mol. The van der Waals surface area contributed by atoms with Crippen LogP contribution in [0.15, 0.2) is 48.2 Å². The van der Waals surface area contributed by atoms with Gasteiger partial charge in [0.15, 0.2) is 0 Å². The van der Waals surface area contributed by atoms with E-state index in [9.17, 15) is 13.2 Å². The zero-order valence-corrected chi connectivity index (χ0v) is 21.7. The van der Waals surface area contributed by atoms with Gasteiger partial charge < -0.3 is 10.1 Å². The van der Waals surface area contributed by atoms with Gasteiger partial charge in [0.2, 0.25) is 5.78 Å². The van der Waals surface area contributed by atoms with Gasteiger partial charge in [-0.2, -0.15) is 8.42 Å². The summed E-state index contributed by atoms with van der Waals surface area (Å²) in [7, 11) is -3.41. The summed E-state index contributed by atoms with van der Waals surface area (Å²) in [6.07, 6.45) is 6.85. The van der Waals surface area contributed by atoms with Gasteiger partial charge in [-0.05, 0) is 68.0 Å². The molecule has 2 aliphatic carbocycles. The van der Waals surface area contributed by atoms with Crippen LogP contribution in [0, 0.1) is 12.8 Å². The van der Waals surface area contributed by atoms with Crippen molar-refractivity contribution >= 4 is 33.1 Å². The number of hydrogen-bond acceptors (Lipinski definition) is 9. The van der Waals surface area contributed by atoms with E-state index in [-0.39, 0.29) is 29.6 Å². The molecule has 2 atom stereocenters. The zero-order valence-electron chi connectivity index (χ0n) is 20.1. The maximum atomic E-state index is 13.3. The molecule has 1 unspecified atom stereocenters. The van der Waals surface area contributed by atoms with Crippen LogP contribution < -0.4 is 10.1 Å². The lowest BCUT2D eigenvalue weighted by Gasteiger charge is -2.16. The Kier molecular flexibility index (Phi) is 7.36. The highest BCUT2D eigenvalue weighted by Crippen LogP contribution is 2.33. The molecular formula is C26H29N3O5S2. The van der Waals surface area contributed by atoms with Gasteiger partial charge in [0.05, 0.1) is 22.3 Å². The highest BCUT2D eigenvalue weighted by atomic mass is 32.2. The molecule has 36 heavy (non-hydrogen) atoms. The van der Waals surface area contributed by atoms with E-state index in [4.69, 9.17) is 8.92 Å². The van der Waals surface area contributed by atoms with Crippen LogP contribution in [0.1, 0.15) is 58.5 Å². The number of anilines is 1. The summed E-state index contributed by atoms with van der Waals surface area (Å²) in [4.78, 5) is 22.3. The Labute approximate surface area is 215 Å². The largest absolute Gasteiger partial charge is 0.489 e. The van der Waals surface area contributed by atoms with E-state index in [0.29, 0.717) is 35.7 Å². The summed E-state index contributed by atoms with van der Waals surface area (Å²) in [5.41, 5.74) is 2.41. The van der Waals surface area contributed by atoms with Gasteiger partial charge in [0, 0.05) is 17.8 Å². The molecule has 2 heterocycles. The highest BCUT2D eigenvalue weighted by molar-refractivity contribution is 7.87. The Balaban J connectivity index is 1.19. The Morgan fingerprint density at radius 1 is 1.19 bits per heavy atom. The lowest BCUT2D eigenvalue weighted by atomic mass is 10.1. The molecule has 0 amide bonds. The summed E-state index contributed by atoms with van der Waals surface area (Å²) in [5, 5.41) is 5.00. The summed E-state index contributed by atoms with van der Waals surface area (Å²) >= 11 is 1.37. The first kappa shape index (κ1) is 24.9. The number of nitrogens with one attached hydrogen (secondary N) is 1. The van der Waals surface area contributed by atoms with Gasteiger partial charge in [-0.1, -0.05) is 18.2 Å². The number of hydrogen-bond donors (Lipinski definition) is 1. The number of para-hydroxylation sites is 1. The minimum absolute atomic E-state index is 0.0880. The van der Waals surface area contributed by atoms with E-state index >= 15 is 0 Å². The summed E-state index contributed by atoms with van der Waals surface area (Å²) in [6, 6.07) is 9.77. The third-order valence-corrected chi connectivity index (χ3v) is 9.34. The van der Waals surface area contributed by atoms with Crippen LogP contribution >= 0.6 is 11.3 Å². The number of rotatable bonds is 11. The fourth-order valence-electron chi connectivity index (χ4n) is 4.39. The lowest BCUT2D eigenvalue weighted by Crippen LogP contribution is -2.21. The van der Waals surface area contributed by atoms with Crippen molar-refractivity contribution in [3.8, 4) is 5.75 Å². The van der Waals surface area contributed by atoms with Crippen molar-refractivity contribution in [1.82, 2.24) is 9.97 Å². The summed E-state index contributed by atoms with van der Waals surface area (Å²) in [5.74, 6) is 1.34. The number of aromatic nitrogens is 2. The molecular weight excluding hydrogens is 498 g/mol. The van der Waals surface area contributed by atoms with Crippen LogP contribution in [0.4, 0.5) is 5.82 Å². The Bertz CT molecular complexity index is 1340. The third kappa shape index (κ3) is 5.93. The van der Waals surface area contributed by atoms with Crippen molar-refractivity contribution in [2.24, 2.45) is 5.92 Å². The van der Waals surface area contributed by atoms with Crippen molar-refractivity contribution in [2.75, 3.05) is 11.9 Å². The number of thiophene rings is 1. The van der Waals surface area contributed by atoms with Crippen LogP contribution in [0.5, 0.6) is 5.75 Å². The normalized spacial score (nSPS) is 19.8. The van der Waals surface area contributed by atoms with Gasteiger partial charge >= 0.3 is 0 Å². The van der Waals surface area contributed by atoms with Gasteiger partial charge in [0.1, 0.15) is 24.5 Å². The standard InChI is InChI=1S/C26H29N3O5S2/c1-17-4-2-3-5-23(17)33-13-19-11-24(35-15-19)25(30)22-12-27-16-28-26(22)29-20-7-6-18(10-20)14-34-36(31,32)21-8-9-21/h2-5,11-12,15-16,18,20-21H,6-10,13-14H2,1H3,(H,27,28,29)/t18?,20-/m0/s1. The Morgan fingerprint density at radius 3 is 2.83 bits per heavy atom. The monoisotopic (exact) mass is 527 g/mol. The van der Waals surface area contributed by atoms with Crippen LogP contribution in [-0.4, -0.2) is 42.1 Å². The van der Waals surface area contributed by atoms with E-state index < -0.39 is 10.1 Å². The summed E-state index contributed by atoms with van der Waals surface area (Å²) in [6.45, 7) is 2.60. The average molecular weight is 528 g/mol. The molecule has 190 valence electrons. The van der Waals surface area contributed by atoms with Crippen LogP contribution in [0.3, 0.4) is 0 Å². The van der Waals surface area contributed by atoms with Crippen LogP contribution in [0.25, 0.3) is 0 Å². The SMILES string of the molecule is Cc1ccccc1OCc1csc(C(=O)c2cncnc2N[C@H]2CCC(COS(=O)(=O)C3CC3)C2)c1. The quantitative estimate of drug-likeness (QED) is 0.281. The van der Waals surface area contributed by atoms with Crippen molar-refractivity contribution in [3.05, 3.63) is 69.8 Å². The second-order valence-electron chi connectivity index (χ2n) is 9.48. The molecule has 3 aromatic rings. The third-order valence-electron chi connectivity index (χ3n) is 6.61. The first-order chi connectivity index (χ1) is 17.4. The molecule has 0 saturated heterocycles. The molecule has 5 rings (SSSR count). The number of nitrogens with zero attached hydrogens (tertiary/aromatic N) is 2. The second-order valence-corrected chi connectivity index (χ2v) is 12.3. The van der Waals surface area contributed by atoms with Crippen molar-refractivity contribution in [2.45, 2.75) is 56.9 Å². The smallest absolute Gasteiger partial charge is 0.270 e. The van der Waals surface area contributed by atoms with Gasteiger partial charge in [-0.25, -0.2) is 9.97 Å². The molecule has 2 aromatic heterocycles.